The molecule has 5 rings (SSSR count). The number of anilines is 2. The van der Waals surface area contributed by atoms with Crippen LogP contribution in [-0.2, 0) is 4.74 Å². The molecule has 2 aromatic heterocycles. The lowest BCUT2D eigenvalue weighted by atomic mass is 9.96. The smallest absolute Gasteiger partial charge is 0.223 e. The lowest BCUT2D eigenvalue weighted by Gasteiger charge is -2.45. The van der Waals surface area contributed by atoms with Crippen molar-refractivity contribution in [2.75, 3.05) is 50.7 Å². The number of β-amino-alcohol motifs (C(OH)–C–C–N with tert-alkyl or cyclic N) is 1. The maximum absolute atomic E-state index is 15.2. The highest BCUT2D eigenvalue weighted by Gasteiger charge is 2.39. The molecule has 3 aromatic rings. The first-order chi connectivity index (χ1) is 16.8. The summed E-state index contributed by atoms with van der Waals surface area (Å²) < 4.78 is 46.2. The molecule has 4 heterocycles. The molecule has 2 aliphatic heterocycles. The molecule has 35 heavy (non-hydrogen) atoms. The van der Waals surface area contributed by atoms with Gasteiger partial charge in [-0.25, -0.2) is 23.7 Å². The minimum atomic E-state index is -0.896. The van der Waals surface area contributed by atoms with Crippen molar-refractivity contribution in [1.29, 1.82) is 0 Å². The molecule has 2 fully saturated rings. The van der Waals surface area contributed by atoms with Gasteiger partial charge in [0.1, 0.15) is 5.52 Å². The summed E-state index contributed by atoms with van der Waals surface area (Å²) in [6, 6.07) is 2.78. The largest absolute Gasteiger partial charge is 0.494 e. The van der Waals surface area contributed by atoms with Crippen molar-refractivity contribution in [1.82, 2.24) is 15.0 Å². The minimum Gasteiger partial charge on any atom is -0.494 e. The van der Waals surface area contributed by atoms with Gasteiger partial charge in [0.2, 0.25) is 5.95 Å². The zero-order chi connectivity index (χ0) is 24.7. The Balaban J connectivity index is 1.63. The van der Waals surface area contributed by atoms with E-state index in [1.54, 1.807) is 13.1 Å². The van der Waals surface area contributed by atoms with E-state index in [0.29, 0.717) is 42.4 Å². The fourth-order valence-corrected chi connectivity index (χ4v) is 4.51. The highest BCUT2D eigenvalue weighted by molar-refractivity contribution is 5.92. The second-order valence-corrected chi connectivity index (χ2v) is 9.16. The number of benzene rings is 1. The summed E-state index contributed by atoms with van der Waals surface area (Å²) in [4.78, 5) is 15.5. The van der Waals surface area contributed by atoms with Crippen LogP contribution in [0, 0.1) is 11.6 Å². The van der Waals surface area contributed by atoms with Crippen LogP contribution in [0.3, 0.4) is 0 Å². The summed E-state index contributed by atoms with van der Waals surface area (Å²) in [6.07, 6.45) is 3.48. The first-order valence-electron chi connectivity index (χ1n) is 11.4. The summed E-state index contributed by atoms with van der Waals surface area (Å²) in [5, 5.41) is 14.2. The fourth-order valence-electron chi connectivity index (χ4n) is 4.51. The molecule has 1 atom stereocenters. The number of rotatable bonds is 6. The number of pyridine rings is 1. The van der Waals surface area contributed by atoms with Crippen LogP contribution in [0.15, 0.2) is 18.3 Å². The molecule has 1 aromatic carbocycles. The van der Waals surface area contributed by atoms with Gasteiger partial charge < -0.3 is 29.5 Å². The second-order valence-electron chi connectivity index (χ2n) is 9.16. The highest BCUT2D eigenvalue weighted by atomic mass is 19.1. The monoisotopic (exact) mass is 487 g/mol. The van der Waals surface area contributed by atoms with Gasteiger partial charge >= 0.3 is 0 Å². The molecule has 0 bridgehead atoms. The highest BCUT2D eigenvalue weighted by Crippen LogP contribution is 2.40. The van der Waals surface area contributed by atoms with E-state index in [1.165, 1.54) is 20.3 Å². The predicted molar refractivity (Wildman–Crippen MR) is 126 cm³/mol. The van der Waals surface area contributed by atoms with Crippen molar-refractivity contribution in [3.05, 3.63) is 30.0 Å². The van der Waals surface area contributed by atoms with Crippen LogP contribution in [0.4, 0.5) is 20.5 Å². The van der Waals surface area contributed by atoms with Crippen molar-refractivity contribution in [2.45, 2.75) is 31.4 Å². The molecule has 0 spiro atoms. The van der Waals surface area contributed by atoms with Crippen molar-refractivity contribution in [3.8, 4) is 22.8 Å². The predicted octanol–water partition coefficient (Wildman–Crippen LogP) is 3.15. The van der Waals surface area contributed by atoms with Gasteiger partial charge in [-0.3, -0.25) is 0 Å². The Bertz CT molecular complexity index is 1230. The van der Waals surface area contributed by atoms with Crippen molar-refractivity contribution < 1.29 is 28.1 Å². The summed E-state index contributed by atoms with van der Waals surface area (Å²) in [6.45, 7) is 3.62. The Morgan fingerprint density at radius 2 is 1.86 bits per heavy atom. The number of nitrogens with one attached hydrogen (secondary N) is 1. The molecule has 9 nitrogen and oxygen atoms in total. The van der Waals surface area contributed by atoms with Crippen LogP contribution < -0.4 is 19.7 Å². The Morgan fingerprint density at radius 3 is 2.46 bits per heavy atom. The van der Waals surface area contributed by atoms with Crippen molar-refractivity contribution >= 4 is 22.7 Å². The van der Waals surface area contributed by atoms with E-state index in [1.807, 2.05) is 4.90 Å². The second kappa shape index (κ2) is 9.04. The average molecular weight is 488 g/mol. The molecule has 186 valence electrons. The Hall–Kier alpha value is -3.31. The number of nitrogens with zero attached hydrogens (tertiary/aromatic N) is 4. The van der Waals surface area contributed by atoms with Crippen LogP contribution in [0.25, 0.3) is 22.2 Å². The van der Waals surface area contributed by atoms with Gasteiger partial charge in [0, 0.05) is 37.3 Å². The minimum absolute atomic E-state index is 0.0382. The number of methoxy groups -OCH3 is 2. The summed E-state index contributed by atoms with van der Waals surface area (Å²) in [7, 11) is 2.58. The maximum Gasteiger partial charge on any atom is 0.223 e. The van der Waals surface area contributed by atoms with Gasteiger partial charge in [-0.15, -0.1) is 0 Å². The summed E-state index contributed by atoms with van der Waals surface area (Å²) >= 11 is 0. The number of ether oxygens (including phenoxy) is 3. The van der Waals surface area contributed by atoms with Crippen molar-refractivity contribution in [3.63, 3.8) is 0 Å². The third-order valence-corrected chi connectivity index (χ3v) is 6.23. The number of halogens is 2. The normalized spacial score (nSPS) is 19.4. The van der Waals surface area contributed by atoms with Crippen LogP contribution >= 0.6 is 0 Å². The molecule has 2 N–H and O–H groups in total. The van der Waals surface area contributed by atoms with Gasteiger partial charge in [-0.2, -0.15) is 0 Å². The van der Waals surface area contributed by atoms with Gasteiger partial charge in [-0.05, 0) is 25.8 Å². The van der Waals surface area contributed by atoms with Crippen molar-refractivity contribution in [2.24, 2.45) is 0 Å². The molecule has 0 saturated carbocycles. The Kier molecular flexibility index (Phi) is 6.06. The van der Waals surface area contributed by atoms with E-state index < -0.39 is 17.2 Å². The average Bonchev–Trinajstić information content (AvgIpc) is 2.83. The number of fused-ring (bicyclic) bond motifs is 1. The maximum atomic E-state index is 15.2. The molecule has 0 radical (unpaired) electrons. The molecule has 0 amide bonds. The first-order valence-corrected chi connectivity index (χ1v) is 11.4. The van der Waals surface area contributed by atoms with Gasteiger partial charge in [0.25, 0.3) is 0 Å². The summed E-state index contributed by atoms with van der Waals surface area (Å²) in [5.74, 6) is -1.31. The number of aliphatic hydroxyl groups is 1. The topological polar surface area (TPSA) is 102 Å². The van der Waals surface area contributed by atoms with Gasteiger partial charge in [0.15, 0.2) is 29.0 Å². The van der Waals surface area contributed by atoms with E-state index in [-0.39, 0.29) is 28.8 Å². The molecule has 0 unspecified atom stereocenters. The van der Waals surface area contributed by atoms with E-state index >= 15 is 8.78 Å². The first kappa shape index (κ1) is 23.4. The molecular formula is C24H27F2N5O4. The fraction of sp³-hybridized carbons (Fsp3) is 0.458. The number of hydrogen-bond donors (Lipinski definition) is 2. The molecule has 2 aliphatic rings. The van der Waals surface area contributed by atoms with Gasteiger partial charge in [-0.1, -0.05) is 0 Å². The van der Waals surface area contributed by atoms with Crippen LogP contribution in [-0.4, -0.2) is 72.2 Å². The van der Waals surface area contributed by atoms with E-state index in [9.17, 15) is 5.11 Å². The zero-order valence-corrected chi connectivity index (χ0v) is 19.8. The quantitative estimate of drug-likeness (QED) is 0.543. The lowest BCUT2D eigenvalue weighted by Crippen LogP contribution is -2.60. The van der Waals surface area contributed by atoms with Gasteiger partial charge in [0.05, 0.1) is 43.7 Å². The van der Waals surface area contributed by atoms with Crippen LogP contribution in [0.5, 0.6) is 11.5 Å². The Morgan fingerprint density at radius 1 is 1.14 bits per heavy atom. The number of hydrogen-bond acceptors (Lipinski definition) is 9. The summed E-state index contributed by atoms with van der Waals surface area (Å²) in [5.41, 5.74) is -0.726. The van der Waals surface area contributed by atoms with E-state index in [0.717, 1.165) is 25.5 Å². The van der Waals surface area contributed by atoms with E-state index in [4.69, 9.17) is 14.2 Å². The molecular weight excluding hydrogens is 460 g/mol. The zero-order valence-electron chi connectivity index (χ0n) is 19.8. The molecule has 11 heteroatoms. The Labute approximate surface area is 201 Å². The third-order valence-electron chi connectivity index (χ3n) is 6.23. The van der Waals surface area contributed by atoms with E-state index in [2.05, 4.69) is 20.3 Å². The molecule has 0 aliphatic carbocycles. The van der Waals surface area contributed by atoms with Crippen LogP contribution in [0.2, 0.25) is 0 Å². The SMILES string of the molecule is COc1cc(OC)c(F)c(-c2cc3cnc(N[C@H]4CCCOC4)nc3c(N3CC(C)(O)C3)n2)c1F. The van der Waals surface area contributed by atoms with Crippen LogP contribution in [0.1, 0.15) is 19.8 Å². The lowest BCUT2D eigenvalue weighted by molar-refractivity contribution is 0.0307. The molecule has 2 saturated heterocycles. The standard InChI is InChI=1S/C24H27F2N5O4/c1-24(32)11-31(12-24)22-21-13(9-27-23(30-21)28-14-5-4-6-35-10-14)7-15(29-22)18-19(25)16(33-2)8-17(34-3)20(18)26/h7-9,14,32H,4-6,10-12H2,1-3H3,(H,27,28,30)/t14-/m0/s1. The number of aromatic nitrogens is 3. The third kappa shape index (κ3) is 4.41.